The molecule has 3 aliphatic heterocycles. The van der Waals surface area contributed by atoms with Gasteiger partial charge in [-0.1, -0.05) is 0 Å². The number of hydrogen-bond donors (Lipinski definition) is 0. The Morgan fingerprint density at radius 1 is 1.10 bits per heavy atom. The molecule has 110 valence electrons. The van der Waals surface area contributed by atoms with E-state index in [1.165, 1.54) is 0 Å². The Morgan fingerprint density at radius 2 is 1.55 bits per heavy atom. The van der Waals surface area contributed by atoms with Gasteiger partial charge >= 0.3 is 15.6 Å². The first-order chi connectivity index (χ1) is 9.13. The molecule has 0 N–H and O–H groups in total. The lowest BCUT2D eigenvalue weighted by Gasteiger charge is -2.17. The Balaban J connectivity index is 1.90. The van der Waals surface area contributed by atoms with Gasteiger partial charge in [0.05, 0.1) is 23.4 Å². The Hall–Kier alpha value is -1.46. The van der Waals surface area contributed by atoms with E-state index >= 15 is 0 Å². The van der Waals surface area contributed by atoms with Crippen molar-refractivity contribution in [3.63, 3.8) is 0 Å². The molecule has 20 heavy (non-hydrogen) atoms. The average Bonchev–Trinajstić information content (AvgIpc) is 2.97. The van der Waals surface area contributed by atoms with Crippen LogP contribution in [0.5, 0.6) is 0 Å². The minimum Gasteiger partial charge on any atom is -0.365 e. The first-order valence-corrected chi connectivity index (χ1v) is 6.83. The molecule has 2 unspecified atom stereocenters. The maximum Gasteiger partial charge on any atom is 0.525 e. The van der Waals surface area contributed by atoms with Crippen LogP contribution >= 0.6 is 0 Å². The summed E-state index contributed by atoms with van der Waals surface area (Å²) in [6, 6.07) is 0. The van der Waals surface area contributed by atoms with E-state index < -0.39 is 39.6 Å². The lowest BCUT2D eigenvalue weighted by Crippen LogP contribution is -2.40. The molecule has 0 spiro atoms. The van der Waals surface area contributed by atoms with E-state index in [1.807, 2.05) is 0 Å². The van der Waals surface area contributed by atoms with E-state index in [0.29, 0.717) is 12.8 Å². The van der Waals surface area contributed by atoms with Crippen LogP contribution in [0.15, 0.2) is 11.1 Å². The summed E-state index contributed by atoms with van der Waals surface area (Å²) >= 11 is 0. The van der Waals surface area contributed by atoms with Gasteiger partial charge in [0.1, 0.15) is 0 Å². The van der Waals surface area contributed by atoms with Crippen LogP contribution in [0.1, 0.15) is 12.8 Å². The van der Waals surface area contributed by atoms with E-state index in [1.54, 1.807) is 0 Å². The topological polar surface area (TPSA) is 90.0 Å². The van der Waals surface area contributed by atoms with Crippen LogP contribution in [0.25, 0.3) is 0 Å². The highest BCUT2D eigenvalue weighted by atomic mass is 32.2. The third kappa shape index (κ3) is 1.63. The summed E-state index contributed by atoms with van der Waals surface area (Å²) in [6.45, 7) is 0. The minimum atomic E-state index is -6.08. The van der Waals surface area contributed by atoms with Gasteiger partial charge in [-0.05, 0) is 12.8 Å². The van der Waals surface area contributed by atoms with Crippen molar-refractivity contribution in [1.29, 1.82) is 0 Å². The van der Waals surface area contributed by atoms with Gasteiger partial charge in [-0.2, -0.15) is 21.6 Å². The SMILES string of the molecule is O=C1C2=C(C(=O)N1OS(=O)(=O)C(F)(F)F)C1CCC2O1. The van der Waals surface area contributed by atoms with Crippen molar-refractivity contribution >= 4 is 21.9 Å². The fraction of sp³-hybridized carbons (Fsp3) is 0.556. The zero-order valence-electron chi connectivity index (χ0n) is 9.51. The highest BCUT2D eigenvalue weighted by Gasteiger charge is 2.58. The number of fused-ring (bicyclic) bond motifs is 4. The summed E-state index contributed by atoms with van der Waals surface area (Å²) < 4.78 is 67.2. The molecule has 0 aromatic heterocycles. The number of imide groups is 1. The maximum atomic E-state index is 12.2. The van der Waals surface area contributed by atoms with Gasteiger partial charge in [0.15, 0.2) is 0 Å². The molecule has 0 aliphatic carbocycles. The molecule has 0 aromatic carbocycles. The number of rotatable bonds is 2. The molecule has 2 amide bonds. The Kier molecular flexibility index (Phi) is 2.57. The van der Waals surface area contributed by atoms with Crippen LogP contribution in [0, 0.1) is 0 Å². The zero-order chi connectivity index (χ0) is 14.9. The highest BCUT2D eigenvalue weighted by molar-refractivity contribution is 7.87. The van der Waals surface area contributed by atoms with Crippen LogP contribution in [0.4, 0.5) is 13.2 Å². The summed E-state index contributed by atoms with van der Waals surface area (Å²) in [5, 5.41) is -0.360. The normalized spacial score (nSPS) is 29.6. The number of carbonyl (C=O) groups excluding carboxylic acids is 2. The van der Waals surface area contributed by atoms with Crippen molar-refractivity contribution in [3.05, 3.63) is 11.1 Å². The number of alkyl halides is 3. The second-order valence-corrected chi connectivity index (χ2v) is 5.92. The molecule has 3 heterocycles. The van der Waals surface area contributed by atoms with Crippen molar-refractivity contribution in [3.8, 4) is 0 Å². The third-order valence-corrected chi connectivity index (χ3v) is 4.15. The minimum absolute atomic E-state index is 0.108. The van der Waals surface area contributed by atoms with Gasteiger partial charge in [0, 0.05) is 0 Å². The van der Waals surface area contributed by atoms with Gasteiger partial charge in [-0.25, -0.2) is 0 Å². The molecule has 11 heteroatoms. The fourth-order valence-electron chi connectivity index (χ4n) is 2.43. The van der Waals surface area contributed by atoms with Crippen LogP contribution in [-0.4, -0.2) is 43.0 Å². The molecule has 2 bridgehead atoms. The molecule has 3 aliphatic rings. The van der Waals surface area contributed by atoms with Crippen LogP contribution in [-0.2, 0) is 28.7 Å². The first kappa shape index (κ1) is 13.5. The van der Waals surface area contributed by atoms with Gasteiger partial charge in [-0.3, -0.25) is 9.59 Å². The Labute approximate surface area is 110 Å². The zero-order valence-corrected chi connectivity index (χ0v) is 10.3. The second-order valence-electron chi connectivity index (χ2n) is 4.40. The molecule has 0 saturated carbocycles. The van der Waals surface area contributed by atoms with E-state index in [0.717, 1.165) is 0 Å². The quantitative estimate of drug-likeness (QED) is 0.526. The summed E-state index contributed by atoms with van der Waals surface area (Å²) in [6.07, 6.45) is -0.479. The van der Waals surface area contributed by atoms with E-state index in [2.05, 4.69) is 4.28 Å². The van der Waals surface area contributed by atoms with E-state index in [4.69, 9.17) is 4.74 Å². The Morgan fingerprint density at radius 3 is 1.95 bits per heavy atom. The van der Waals surface area contributed by atoms with Gasteiger partial charge < -0.3 is 4.74 Å². The number of hydroxylamine groups is 2. The number of carbonyl (C=O) groups is 2. The second kappa shape index (κ2) is 3.80. The van der Waals surface area contributed by atoms with Crippen molar-refractivity contribution in [2.45, 2.75) is 30.6 Å². The summed E-state index contributed by atoms with van der Waals surface area (Å²) in [5.74, 6) is -2.44. The molecule has 7 nitrogen and oxygen atoms in total. The van der Waals surface area contributed by atoms with Gasteiger partial charge in [0.25, 0.3) is 11.8 Å². The number of amides is 2. The molecule has 3 rings (SSSR count). The van der Waals surface area contributed by atoms with E-state index in [-0.39, 0.29) is 16.2 Å². The molecule has 1 fully saturated rings. The number of nitrogens with zero attached hydrogens (tertiary/aromatic N) is 1. The van der Waals surface area contributed by atoms with E-state index in [9.17, 15) is 31.2 Å². The van der Waals surface area contributed by atoms with Crippen molar-refractivity contribution < 1.29 is 40.2 Å². The molecular weight excluding hydrogens is 307 g/mol. The van der Waals surface area contributed by atoms with Crippen molar-refractivity contribution in [1.82, 2.24) is 5.06 Å². The highest BCUT2D eigenvalue weighted by Crippen LogP contribution is 2.44. The van der Waals surface area contributed by atoms with Gasteiger partial charge in [0.2, 0.25) is 0 Å². The van der Waals surface area contributed by atoms with Gasteiger partial charge in [-0.15, -0.1) is 9.35 Å². The first-order valence-electron chi connectivity index (χ1n) is 5.42. The smallest absolute Gasteiger partial charge is 0.365 e. The summed E-state index contributed by atoms with van der Waals surface area (Å²) in [4.78, 5) is 23.6. The lowest BCUT2D eigenvalue weighted by atomic mass is 9.93. The average molecular weight is 313 g/mol. The number of halogens is 3. The lowest BCUT2D eigenvalue weighted by molar-refractivity contribution is -0.167. The van der Waals surface area contributed by atoms with Crippen molar-refractivity contribution in [2.75, 3.05) is 0 Å². The maximum absolute atomic E-state index is 12.2. The van der Waals surface area contributed by atoms with Crippen LogP contribution in [0.2, 0.25) is 0 Å². The molecule has 0 aromatic rings. The number of ether oxygens (including phenoxy) is 1. The summed E-state index contributed by atoms with van der Waals surface area (Å²) in [5.41, 5.74) is -5.94. The molecular formula is C9H6F3NO6S. The monoisotopic (exact) mass is 313 g/mol. The fourth-order valence-corrected chi connectivity index (χ4v) is 2.85. The van der Waals surface area contributed by atoms with Crippen molar-refractivity contribution in [2.24, 2.45) is 0 Å². The molecule has 0 radical (unpaired) electrons. The summed E-state index contributed by atoms with van der Waals surface area (Å²) in [7, 11) is -6.08. The predicted molar refractivity (Wildman–Crippen MR) is 52.8 cm³/mol. The van der Waals surface area contributed by atoms with Crippen LogP contribution < -0.4 is 0 Å². The molecule has 2 atom stereocenters. The predicted octanol–water partition coefficient (Wildman–Crippen LogP) is -0.00580. The third-order valence-electron chi connectivity index (χ3n) is 3.24. The number of hydrogen-bond acceptors (Lipinski definition) is 6. The Bertz CT molecular complexity index is 619. The standard InChI is InChI=1S/C9H6F3NO6S/c10-9(11,12)20(16,17)19-13-7(14)5-3-1-2-4(18-3)6(5)8(13)15/h3-4H,1-2H2. The largest absolute Gasteiger partial charge is 0.525 e. The van der Waals surface area contributed by atoms with Crippen LogP contribution in [0.3, 0.4) is 0 Å². The molecule has 1 saturated heterocycles.